The van der Waals surface area contributed by atoms with Crippen LogP contribution in [-0.2, 0) is 0 Å². The highest BCUT2D eigenvalue weighted by Crippen LogP contribution is 2.30. The molecule has 2 atom stereocenters. The summed E-state index contributed by atoms with van der Waals surface area (Å²) in [5, 5.41) is 3.55. The Morgan fingerprint density at radius 1 is 1.26 bits per heavy atom. The molecular formula is C16H33ClN2. The van der Waals surface area contributed by atoms with Crippen molar-refractivity contribution in [3.05, 3.63) is 0 Å². The molecular weight excluding hydrogens is 256 g/mol. The van der Waals surface area contributed by atoms with E-state index in [2.05, 4.69) is 31.0 Å². The first-order chi connectivity index (χ1) is 8.59. The second kappa shape index (κ2) is 7.85. The fraction of sp³-hybridized carbons (Fsp3) is 1.00. The summed E-state index contributed by atoms with van der Waals surface area (Å²) in [6.07, 6.45) is 8.49. The maximum absolute atomic E-state index is 3.55. The monoisotopic (exact) mass is 288 g/mol. The van der Waals surface area contributed by atoms with Crippen molar-refractivity contribution in [2.24, 2.45) is 11.3 Å². The molecule has 2 fully saturated rings. The second-order valence-corrected chi connectivity index (χ2v) is 7.34. The van der Waals surface area contributed by atoms with Crippen LogP contribution in [-0.4, -0.2) is 37.1 Å². The molecule has 0 aromatic carbocycles. The van der Waals surface area contributed by atoms with E-state index in [4.69, 9.17) is 0 Å². The molecule has 2 saturated heterocycles. The molecule has 0 aromatic heterocycles. The van der Waals surface area contributed by atoms with Gasteiger partial charge < -0.3 is 5.32 Å². The highest BCUT2D eigenvalue weighted by Gasteiger charge is 2.33. The minimum atomic E-state index is 0. The molecule has 0 spiro atoms. The van der Waals surface area contributed by atoms with Crippen LogP contribution in [0.15, 0.2) is 0 Å². The van der Waals surface area contributed by atoms with Gasteiger partial charge in [0.2, 0.25) is 0 Å². The van der Waals surface area contributed by atoms with Gasteiger partial charge in [-0.1, -0.05) is 33.6 Å². The Labute approximate surface area is 126 Å². The second-order valence-electron chi connectivity index (χ2n) is 7.34. The zero-order valence-electron chi connectivity index (χ0n) is 13.1. The van der Waals surface area contributed by atoms with Crippen molar-refractivity contribution in [3.63, 3.8) is 0 Å². The van der Waals surface area contributed by atoms with Crippen molar-refractivity contribution >= 4 is 12.4 Å². The molecule has 1 N–H and O–H groups in total. The quantitative estimate of drug-likeness (QED) is 0.849. The van der Waals surface area contributed by atoms with Crippen LogP contribution in [0, 0.1) is 11.3 Å². The van der Waals surface area contributed by atoms with Gasteiger partial charge in [0, 0.05) is 19.1 Å². The fourth-order valence-electron chi connectivity index (χ4n) is 3.75. The molecule has 19 heavy (non-hydrogen) atoms. The van der Waals surface area contributed by atoms with E-state index in [9.17, 15) is 0 Å². The van der Waals surface area contributed by atoms with E-state index in [0.29, 0.717) is 5.41 Å². The lowest BCUT2D eigenvalue weighted by Crippen LogP contribution is -2.43. The molecule has 114 valence electrons. The van der Waals surface area contributed by atoms with Gasteiger partial charge in [-0.05, 0) is 50.1 Å². The van der Waals surface area contributed by atoms with Crippen LogP contribution >= 0.6 is 12.4 Å². The molecule has 0 saturated carbocycles. The Bertz CT molecular complexity index is 249. The van der Waals surface area contributed by atoms with Crippen LogP contribution in [0.3, 0.4) is 0 Å². The van der Waals surface area contributed by atoms with Gasteiger partial charge in [0.15, 0.2) is 0 Å². The molecule has 2 aliphatic heterocycles. The van der Waals surface area contributed by atoms with Crippen LogP contribution < -0.4 is 5.32 Å². The number of hydrogen-bond donors (Lipinski definition) is 1. The van der Waals surface area contributed by atoms with Crippen LogP contribution in [0.4, 0.5) is 0 Å². The van der Waals surface area contributed by atoms with Gasteiger partial charge in [0.05, 0.1) is 0 Å². The van der Waals surface area contributed by atoms with E-state index in [1.807, 2.05) is 0 Å². The molecule has 0 aromatic rings. The Kier molecular flexibility index (Phi) is 7.13. The molecule has 0 radical (unpaired) electrons. The average molecular weight is 289 g/mol. The van der Waals surface area contributed by atoms with Crippen molar-refractivity contribution in [2.45, 2.75) is 65.3 Å². The Balaban J connectivity index is 0.00000180. The van der Waals surface area contributed by atoms with E-state index < -0.39 is 0 Å². The van der Waals surface area contributed by atoms with E-state index in [0.717, 1.165) is 12.0 Å². The number of likely N-dealkylation sites (tertiary alicyclic amines) is 1. The summed E-state index contributed by atoms with van der Waals surface area (Å²) in [7, 11) is 0. The molecule has 0 amide bonds. The summed E-state index contributed by atoms with van der Waals surface area (Å²) in [4.78, 5) is 2.83. The summed E-state index contributed by atoms with van der Waals surface area (Å²) in [5.74, 6) is 0.838. The van der Waals surface area contributed by atoms with Gasteiger partial charge in [-0.3, -0.25) is 4.90 Å². The molecule has 2 unspecified atom stereocenters. The topological polar surface area (TPSA) is 15.3 Å². The van der Waals surface area contributed by atoms with E-state index >= 15 is 0 Å². The summed E-state index contributed by atoms with van der Waals surface area (Å²) >= 11 is 0. The third kappa shape index (κ3) is 5.24. The Morgan fingerprint density at radius 2 is 2.05 bits per heavy atom. The average Bonchev–Trinajstić information content (AvgIpc) is 2.61. The first-order valence-corrected chi connectivity index (χ1v) is 8.04. The fourth-order valence-corrected chi connectivity index (χ4v) is 3.75. The van der Waals surface area contributed by atoms with E-state index in [-0.39, 0.29) is 12.4 Å². The number of nitrogens with zero attached hydrogens (tertiary/aromatic N) is 1. The lowest BCUT2D eigenvalue weighted by Gasteiger charge is -2.37. The van der Waals surface area contributed by atoms with Gasteiger partial charge in [-0.25, -0.2) is 0 Å². The first kappa shape index (κ1) is 17.3. The van der Waals surface area contributed by atoms with Crippen LogP contribution in [0.5, 0.6) is 0 Å². The summed E-state index contributed by atoms with van der Waals surface area (Å²) in [6, 6.07) is 0.852. The number of rotatable bonds is 4. The third-order valence-corrected chi connectivity index (χ3v) is 4.78. The zero-order valence-corrected chi connectivity index (χ0v) is 13.9. The summed E-state index contributed by atoms with van der Waals surface area (Å²) in [5.41, 5.74) is 0.527. The number of hydrogen-bond acceptors (Lipinski definition) is 2. The van der Waals surface area contributed by atoms with Crippen molar-refractivity contribution in [1.29, 1.82) is 0 Å². The minimum absolute atomic E-state index is 0. The Morgan fingerprint density at radius 3 is 2.68 bits per heavy atom. The standard InChI is InChI=1S/C16H32N2.ClH/c1-14(2)11-15-7-5-4-6-10-18(15)13-16(3)8-9-17-12-16;/h14-15,17H,4-13H2,1-3H3;1H. The van der Waals surface area contributed by atoms with Crippen molar-refractivity contribution < 1.29 is 0 Å². The molecule has 2 heterocycles. The number of nitrogens with one attached hydrogen (secondary N) is 1. The highest BCUT2D eigenvalue weighted by molar-refractivity contribution is 5.85. The molecule has 3 heteroatoms. The SMILES string of the molecule is CC(C)CC1CCCCCN1CC1(C)CCNC1.Cl. The molecule has 2 aliphatic rings. The van der Waals surface area contributed by atoms with Gasteiger partial charge in [0.25, 0.3) is 0 Å². The first-order valence-electron chi connectivity index (χ1n) is 8.04. The van der Waals surface area contributed by atoms with Gasteiger partial charge in [-0.15, -0.1) is 12.4 Å². The number of halogens is 1. The van der Waals surface area contributed by atoms with Crippen LogP contribution in [0.1, 0.15) is 59.3 Å². The molecule has 0 aliphatic carbocycles. The lowest BCUT2D eigenvalue weighted by atomic mass is 9.87. The lowest BCUT2D eigenvalue weighted by molar-refractivity contribution is 0.117. The molecule has 2 rings (SSSR count). The predicted molar refractivity (Wildman–Crippen MR) is 86.1 cm³/mol. The van der Waals surface area contributed by atoms with Gasteiger partial charge in [-0.2, -0.15) is 0 Å². The van der Waals surface area contributed by atoms with E-state index in [1.54, 1.807) is 0 Å². The minimum Gasteiger partial charge on any atom is -0.316 e. The zero-order chi connectivity index (χ0) is 13.0. The van der Waals surface area contributed by atoms with Crippen molar-refractivity contribution in [3.8, 4) is 0 Å². The molecule has 2 nitrogen and oxygen atoms in total. The van der Waals surface area contributed by atoms with Crippen molar-refractivity contribution in [2.75, 3.05) is 26.2 Å². The summed E-state index contributed by atoms with van der Waals surface area (Å²) in [6.45, 7) is 12.3. The summed E-state index contributed by atoms with van der Waals surface area (Å²) < 4.78 is 0. The normalized spacial score (nSPS) is 33.2. The maximum Gasteiger partial charge on any atom is 0.00979 e. The van der Waals surface area contributed by atoms with E-state index in [1.165, 1.54) is 64.7 Å². The molecule has 0 bridgehead atoms. The van der Waals surface area contributed by atoms with Crippen LogP contribution in [0.2, 0.25) is 0 Å². The maximum atomic E-state index is 3.55. The highest BCUT2D eigenvalue weighted by atomic mass is 35.5. The third-order valence-electron chi connectivity index (χ3n) is 4.78. The van der Waals surface area contributed by atoms with Crippen LogP contribution in [0.25, 0.3) is 0 Å². The van der Waals surface area contributed by atoms with Crippen molar-refractivity contribution in [1.82, 2.24) is 10.2 Å². The smallest absolute Gasteiger partial charge is 0.00979 e. The van der Waals surface area contributed by atoms with Gasteiger partial charge >= 0.3 is 0 Å². The largest absolute Gasteiger partial charge is 0.316 e. The predicted octanol–water partition coefficient (Wildman–Crippen LogP) is 3.70. The Hall–Kier alpha value is 0.210. The van der Waals surface area contributed by atoms with Gasteiger partial charge in [0.1, 0.15) is 0 Å².